The monoisotopic (exact) mass is 377 g/mol. The molecule has 5 rings (SSSR count). The van der Waals surface area contributed by atoms with Crippen LogP contribution in [0.1, 0.15) is 74.8 Å². The van der Waals surface area contributed by atoms with Crippen molar-refractivity contribution in [3.8, 4) is 0 Å². The summed E-state index contributed by atoms with van der Waals surface area (Å²) in [4.78, 5) is 6.09. The molecular formula is C22H29N6+. The average molecular weight is 378 g/mol. The number of rotatable bonds is 4. The maximum Gasteiger partial charge on any atom is 0.214 e. The van der Waals surface area contributed by atoms with Gasteiger partial charge < -0.3 is 4.90 Å². The van der Waals surface area contributed by atoms with Crippen molar-refractivity contribution in [1.82, 2.24) is 25.2 Å². The lowest BCUT2D eigenvalue weighted by Gasteiger charge is -2.32. The number of quaternary nitrogens is 1. The van der Waals surface area contributed by atoms with Crippen LogP contribution in [0.5, 0.6) is 0 Å². The van der Waals surface area contributed by atoms with Crippen LogP contribution in [-0.4, -0.2) is 38.3 Å². The van der Waals surface area contributed by atoms with E-state index < -0.39 is 0 Å². The van der Waals surface area contributed by atoms with Crippen LogP contribution in [0.25, 0.3) is 10.9 Å². The molecule has 6 heteroatoms. The highest BCUT2D eigenvalue weighted by Crippen LogP contribution is 2.30. The molecule has 1 saturated carbocycles. The van der Waals surface area contributed by atoms with Crippen molar-refractivity contribution in [2.75, 3.05) is 13.1 Å². The van der Waals surface area contributed by atoms with Crippen LogP contribution in [0.4, 0.5) is 0 Å². The summed E-state index contributed by atoms with van der Waals surface area (Å²) >= 11 is 0. The summed E-state index contributed by atoms with van der Waals surface area (Å²) in [6.07, 6.45) is 12.1. The Hall–Kier alpha value is -2.34. The topological polar surface area (TPSA) is 60.9 Å². The molecule has 1 aliphatic carbocycles. The molecule has 1 N–H and O–H groups in total. The largest absolute Gasteiger partial charge is 0.322 e. The third-order valence-corrected chi connectivity index (χ3v) is 6.56. The molecule has 146 valence electrons. The van der Waals surface area contributed by atoms with Gasteiger partial charge in [-0.1, -0.05) is 31.4 Å². The highest BCUT2D eigenvalue weighted by Gasteiger charge is 2.34. The number of nitrogens with zero attached hydrogens (tertiary/aromatic N) is 5. The van der Waals surface area contributed by atoms with Crippen LogP contribution in [0.2, 0.25) is 0 Å². The molecule has 3 heterocycles. The van der Waals surface area contributed by atoms with Gasteiger partial charge >= 0.3 is 0 Å². The summed E-state index contributed by atoms with van der Waals surface area (Å²) in [6.45, 7) is 2.38. The van der Waals surface area contributed by atoms with Crippen molar-refractivity contribution in [3.63, 3.8) is 0 Å². The van der Waals surface area contributed by atoms with E-state index in [1.165, 1.54) is 75.4 Å². The van der Waals surface area contributed by atoms with Gasteiger partial charge in [0.1, 0.15) is 0 Å². The van der Waals surface area contributed by atoms with Crippen molar-refractivity contribution >= 4 is 10.9 Å². The molecule has 0 unspecified atom stereocenters. The molecule has 2 aliphatic rings. The predicted octanol–water partition coefficient (Wildman–Crippen LogP) is 2.88. The first kappa shape index (κ1) is 17.7. The maximum atomic E-state index is 4.59. The van der Waals surface area contributed by atoms with Crippen molar-refractivity contribution < 1.29 is 4.90 Å². The predicted molar refractivity (Wildman–Crippen MR) is 108 cm³/mol. The minimum absolute atomic E-state index is 0.196. The van der Waals surface area contributed by atoms with Crippen molar-refractivity contribution in [1.29, 1.82) is 0 Å². The van der Waals surface area contributed by atoms with Gasteiger partial charge in [-0.25, -0.2) is 4.68 Å². The highest BCUT2D eigenvalue weighted by molar-refractivity contribution is 5.79. The number of hydrogen-bond acceptors (Lipinski definition) is 4. The number of tetrazole rings is 1. The molecule has 3 aromatic rings. The van der Waals surface area contributed by atoms with Crippen molar-refractivity contribution in [2.45, 2.75) is 63.5 Å². The Bertz CT molecular complexity index is 923. The lowest BCUT2D eigenvalue weighted by molar-refractivity contribution is -0.931. The first-order valence-corrected chi connectivity index (χ1v) is 10.9. The minimum Gasteiger partial charge on any atom is -0.322 e. The number of benzene rings is 1. The fourth-order valence-corrected chi connectivity index (χ4v) is 5.11. The number of aromatic nitrogens is 5. The number of likely N-dealkylation sites (tertiary alicyclic amines) is 1. The SMILES string of the molecule is c1cnc2ccc([C@@H](c3nnnn3C3CCCCC3)[NH+]3CCCCC3)cc2c1. The molecule has 6 nitrogen and oxygen atoms in total. The van der Waals surface area contributed by atoms with Crippen LogP contribution >= 0.6 is 0 Å². The zero-order chi connectivity index (χ0) is 18.8. The Labute approximate surface area is 166 Å². The molecule has 1 aromatic carbocycles. The maximum absolute atomic E-state index is 4.59. The van der Waals surface area contributed by atoms with E-state index in [2.05, 4.69) is 49.5 Å². The number of piperidine rings is 1. The molecule has 0 spiro atoms. The van der Waals surface area contributed by atoms with Crippen molar-refractivity contribution in [3.05, 3.63) is 47.9 Å². The van der Waals surface area contributed by atoms with E-state index in [1.54, 1.807) is 4.90 Å². The van der Waals surface area contributed by atoms with E-state index in [1.807, 2.05) is 12.3 Å². The fourth-order valence-electron chi connectivity index (χ4n) is 5.11. The summed E-state index contributed by atoms with van der Waals surface area (Å²) in [7, 11) is 0. The highest BCUT2D eigenvalue weighted by atomic mass is 15.6. The Morgan fingerprint density at radius 3 is 2.64 bits per heavy atom. The van der Waals surface area contributed by atoms with E-state index in [9.17, 15) is 0 Å². The van der Waals surface area contributed by atoms with E-state index >= 15 is 0 Å². The van der Waals surface area contributed by atoms with Gasteiger partial charge in [0.2, 0.25) is 5.82 Å². The summed E-state index contributed by atoms with van der Waals surface area (Å²) in [5.74, 6) is 1.05. The van der Waals surface area contributed by atoms with Gasteiger partial charge in [-0.05, 0) is 60.7 Å². The van der Waals surface area contributed by atoms with E-state index in [0.29, 0.717) is 6.04 Å². The van der Waals surface area contributed by atoms with E-state index in [-0.39, 0.29) is 6.04 Å². The summed E-state index contributed by atoms with van der Waals surface area (Å²) in [6, 6.07) is 11.5. The zero-order valence-corrected chi connectivity index (χ0v) is 16.4. The van der Waals surface area contributed by atoms with Gasteiger partial charge in [-0.2, -0.15) is 0 Å². The second-order valence-corrected chi connectivity index (χ2v) is 8.38. The molecule has 1 atom stereocenters. The number of fused-ring (bicyclic) bond motifs is 1. The number of pyridine rings is 1. The third-order valence-electron chi connectivity index (χ3n) is 6.56. The smallest absolute Gasteiger partial charge is 0.214 e. The second kappa shape index (κ2) is 7.95. The average Bonchev–Trinajstić information content (AvgIpc) is 3.25. The first-order chi connectivity index (χ1) is 13.9. The van der Waals surface area contributed by atoms with Crippen LogP contribution in [-0.2, 0) is 0 Å². The molecule has 0 bridgehead atoms. The van der Waals surface area contributed by atoms with Gasteiger partial charge in [0, 0.05) is 17.1 Å². The van der Waals surface area contributed by atoms with Crippen LogP contribution in [0, 0.1) is 0 Å². The third kappa shape index (κ3) is 3.41. The molecule has 2 aromatic heterocycles. The molecule has 0 amide bonds. The number of hydrogen-bond donors (Lipinski definition) is 1. The van der Waals surface area contributed by atoms with Gasteiger partial charge in [-0.15, -0.1) is 5.10 Å². The summed E-state index contributed by atoms with van der Waals surface area (Å²) in [5, 5.41) is 14.4. The van der Waals surface area contributed by atoms with Gasteiger partial charge in [0.25, 0.3) is 0 Å². The van der Waals surface area contributed by atoms with Crippen LogP contribution in [0.15, 0.2) is 36.5 Å². The van der Waals surface area contributed by atoms with Crippen LogP contribution < -0.4 is 4.90 Å². The zero-order valence-electron chi connectivity index (χ0n) is 16.4. The molecule has 0 radical (unpaired) electrons. The lowest BCUT2D eigenvalue weighted by Crippen LogP contribution is -3.13. The Kier molecular flexibility index (Phi) is 5.04. The first-order valence-electron chi connectivity index (χ1n) is 10.9. The normalized spacial score (nSPS) is 20.4. The Morgan fingerprint density at radius 2 is 1.79 bits per heavy atom. The Balaban J connectivity index is 1.57. The van der Waals surface area contributed by atoms with Gasteiger partial charge in [-0.3, -0.25) is 4.98 Å². The molecule has 2 fully saturated rings. The fraction of sp³-hybridized carbons (Fsp3) is 0.545. The molecule has 1 aliphatic heterocycles. The molecule has 28 heavy (non-hydrogen) atoms. The van der Waals surface area contributed by atoms with Gasteiger partial charge in [0.05, 0.1) is 24.6 Å². The van der Waals surface area contributed by atoms with Gasteiger partial charge in [0.15, 0.2) is 6.04 Å². The van der Waals surface area contributed by atoms with E-state index in [4.69, 9.17) is 0 Å². The minimum atomic E-state index is 0.196. The standard InChI is InChI=1S/C22H28N6/c1-3-9-19(10-4-1)28-22(24-25-26-28)21(27-14-5-2-6-15-27)18-11-12-20-17(16-18)8-7-13-23-20/h7-8,11-13,16,19,21H,1-6,9-10,14-15H2/p+1/t21-/m0/s1. The molecular weight excluding hydrogens is 348 g/mol. The quantitative estimate of drug-likeness (QED) is 0.759. The summed E-state index contributed by atoms with van der Waals surface area (Å²) < 4.78 is 2.17. The van der Waals surface area contributed by atoms with Crippen LogP contribution in [0.3, 0.4) is 0 Å². The summed E-state index contributed by atoms with van der Waals surface area (Å²) in [5.41, 5.74) is 2.36. The second-order valence-electron chi connectivity index (χ2n) is 8.38. The van der Waals surface area contributed by atoms with E-state index in [0.717, 1.165) is 11.3 Å². The van der Waals surface area contributed by atoms with Crippen molar-refractivity contribution in [2.24, 2.45) is 0 Å². The lowest BCUT2D eigenvalue weighted by atomic mass is 9.94. The molecule has 1 saturated heterocycles. The Morgan fingerprint density at radius 1 is 0.964 bits per heavy atom. The number of nitrogens with one attached hydrogen (secondary N) is 1.